The summed E-state index contributed by atoms with van der Waals surface area (Å²) in [5, 5.41) is 3.65. The Hall–Kier alpha value is -1.09. The molecule has 0 atom stereocenters. The van der Waals surface area contributed by atoms with Crippen molar-refractivity contribution in [3.63, 3.8) is 0 Å². The molecule has 1 rings (SSSR count). The van der Waals surface area contributed by atoms with E-state index in [2.05, 4.69) is 24.4 Å². The van der Waals surface area contributed by atoms with Crippen LogP contribution < -0.4 is 5.32 Å². The number of rotatable bonds is 11. The predicted octanol–water partition coefficient (Wildman–Crippen LogP) is 5.22. The van der Waals surface area contributed by atoms with Crippen molar-refractivity contribution in [3.8, 4) is 0 Å². The van der Waals surface area contributed by atoms with Crippen molar-refractivity contribution < 1.29 is 4.74 Å². The van der Waals surface area contributed by atoms with E-state index in [1.54, 1.807) is 0 Å². The van der Waals surface area contributed by atoms with Gasteiger partial charge in [-0.05, 0) is 24.2 Å². The summed E-state index contributed by atoms with van der Waals surface area (Å²) in [6, 6.07) is 10.2. The van der Waals surface area contributed by atoms with Gasteiger partial charge in [0.15, 0.2) is 0 Å². The molecule has 0 saturated heterocycles. The predicted molar refractivity (Wildman–Crippen MR) is 94.4 cm³/mol. The summed E-state index contributed by atoms with van der Waals surface area (Å²) in [6.45, 7) is 3.72. The topological polar surface area (TPSA) is 21.3 Å². The van der Waals surface area contributed by atoms with Crippen LogP contribution in [0.3, 0.4) is 0 Å². The summed E-state index contributed by atoms with van der Waals surface area (Å²) < 4.78 is 5.53. The zero-order valence-corrected chi connectivity index (χ0v) is 14.1. The lowest BCUT2D eigenvalue weighted by atomic mass is 10.1. The maximum Gasteiger partial charge on any atom is 0.256 e. The van der Waals surface area contributed by atoms with Crippen LogP contribution >= 0.6 is 12.2 Å². The van der Waals surface area contributed by atoms with Crippen molar-refractivity contribution in [1.29, 1.82) is 0 Å². The molecular weight excluding hydrogens is 278 g/mol. The van der Waals surface area contributed by atoms with E-state index in [9.17, 15) is 0 Å². The lowest BCUT2D eigenvalue weighted by molar-refractivity contribution is 0.286. The highest BCUT2D eigenvalue weighted by molar-refractivity contribution is 7.80. The fourth-order valence-corrected chi connectivity index (χ4v) is 2.38. The largest absolute Gasteiger partial charge is 0.471 e. The van der Waals surface area contributed by atoms with Gasteiger partial charge in [-0.25, -0.2) is 0 Å². The second-order valence-electron chi connectivity index (χ2n) is 5.45. The van der Waals surface area contributed by atoms with Crippen LogP contribution in [-0.4, -0.2) is 11.8 Å². The number of benzene rings is 1. The van der Waals surface area contributed by atoms with Gasteiger partial charge in [0.05, 0.1) is 6.61 Å². The van der Waals surface area contributed by atoms with E-state index in [1.165, 1.54) is 50.5 Å². The van der Waals surface area contributed by atoms with Gasteiger partial charge in [-0.2, -0.15) is 0 Å². The van der Waals surface area contributed by atoms with Crippen LogP contribution in [0.1, 0.15) is 63.9 Å². The molecule has 0 aliphatic heterocycles. The molecule has 0 heterocycles. The Morgan fingerprint density at radius 3 is 2.24 bits per heavy atom. The Balaban J connectivity index is 1.89. The first-order chi connectivity index (χ1) is 10.3. The number of nitrogens with one attached hydrogen (secondary N) is 1. The average Bonchev–Trinajstić information content (AvgIpc) is 2.52. The first-order valence-electron chi connectivity index (χ1n) is 8.27. The van der Waals surface area contributed by atoms with Gasteiger partial charge in [0, 0.05) is 6.54 Å². The molecule has 0 fully saturated rings. The second kappa shape index (κ2) is 12.6. The molecule has 1 N–H and O–H groups in total. The molecule has 0 saturated carbocycles. The molecule has 2 nitrogen and oxygen atoms in total. The third-order valence-corrected chi connectivity index (χ3v) is 3.77. The van der Waals surface area contributed by atoms with Crippen molar-refractivity contribution in [3.05, 3.63) is 35.9 Å². The molecule has 0 amide bonds. The highest BCUT2D eigenvalue weighted by atomic mass is 32.1. The van der Waals surface area contributed by atoms with Gasteiger partial charge >= 0.3 is 0 Å². The van der Waals surface area contributed by atoms with Gasteiger partial charge in [-0.1, -0.05) is 82.2 Å². The molecule has 0 bridgehead atoms. The van der Waals surface area contributed by atoms with E-state index in [-0.39, 0.29) is 0 Å². The summed E-state index contributed by atoms with van der Waals surface area (Å²) >= 11 is 5.17. The number of hydrogen-bond donors (Lipinski definition) is 1. The van der Waals surface area contributed by atoms with E-state index in [0.29, 0.717) is 5.17 Å². The molecule has 21 heavy (non-hydrogen) atoms. The average molecular weight is 308 g/mol. The Kier molecular flexibility index (Phi) is 10.8. The minimum Gasteiger partial charge on any atom is -0.471 e. The highest BCUT2D eigenvalue weighted by Gasteiger charge is 1.98. The first kappa shape index (κ1) is 18.0. The van der Waals surface area contributed by atoms with E-state index in [1.807, 2.05) is 18.2 Å². The quantitative estimate of drug-likeness (QED) is 0.447. The van der Waals surface area contributed by atoms with Crippen molar-refractivity contribution in [2.75, 3.05) is 6.61 Å². The number of thiocarbonyl (C=S) groups is 1. The van der Waals surface area contributed by atoms with E-state index in [4.69, 9.17) is 17.0 Å². The zero-order chi connectivity index (χ0) is 15.2. The van der Waals surface area contributed by atoms with Gasteiger partial charge in [-0.15, -0.1) is 0 Å². The van der Waals surface area contributed by atoms with Crippen LogP contribution in [0.5, 0.6) is 0 Å². The van der Waals surface area contributed by atoms with Crippen molar-refractivity contribution in [1.82, 2.24) is 5.32 Å². The first-order valence-corrected chi connectivity index (χ1v) is 8.68. The van der Waals surface area contributed by atoms with Gasteiger partial charge < -0.3 is 10.1 Å². The van der Waals surface area contributed by atoms with Crippen LogP contribution in [0.4, 0.5) is 0 Å². The Labute approximate surface area is 135 Å². The van der Waals surface area contributed by atoms with E-state index < -0.39 is 0 Å². The molecule has 0 aromatic heterocycles. The molecule has 0 spiro atoms. The van der Waals surface area contributed by atoms with Crippen LogP contribution in [-0.2, 0) is 11.3 Å². The maximum absolute atomic E-state index is 5.53. The maximum atomic E-state index is 5.53. The van der Waals surface area contributed by atoms with Gasteiger partial charge in [0.25, 0.3) is 5.17 Å². The smallest absolute Gasteiger partial charge is 0.256 e. The van der Waals surface area contributed by atoms with E-state index >= 15 is 0 Å². The monoisotopic (exact) mass is 307 g/mol. The number of ether oxygens (including phenoxy) is 1. The third-order valence-electron chi connectivity index (χ3n) is 3.51. The Morgan fingerprint density at radius 2 is 1.57 bits per heavy atom. The summed E-state index contributed by atoms with van der Waals surface area (Å²) in [5.74, 6) is 0. The second-order valence-corrected chi connectivity index (χ2v) is 5.82. The molecule has 0 unspecified atom stereocenters. The van der Waals surface area contributed by atoms with Crippen molar-refractivity contribution in [2.24, 2.45) is 0 Å². The highest BCUT2D eigenvalue weighted by Crippen LogP contribution is 2.08. The standard InChI is InChI=1S/C18H29NOS/c1-2-3-4-5-6-7-8-12-15-20-18(21)19-16-17-13-10-9-11-14-17/h9-11,13-14H,2-8,12,15-16H2,1H3,(H,19,21). The fraction of sp³-hybridized carbons (Fsp3) is 0.611. The lowest BCUT2D eigenvalue weighted by Gasteiger charge is -2.09. The molecule has 0 radical (unpaired) electrons. The number of hydrogen-bond acceptors (Lipinski definition) is 2. The zero-order valence-electron chi connectivity index (χ0n) is 13.3. The Morgan fingerprint density at radius 1 is 0.952 bits per heavy atom. The lowest BCUT2D eigenvalue weighted by Crippen LogP contribution is -2.23. The van der Waals surface area contributed by atoms with Gasteiger partial charge in [-0.3, -0.25) is 0 Å². The summed E-state index contributed by atoms with van der Waals surface area (Å²) in [6.07, 6.45) is 10.5. The Bertz CT molecular complexity index is 367. The summed E-state index contributed by atoms with van der Waals surface area (Å²) in [4.78, 5) is 0. The van der Waals surface area contributed by atoms with Crippen LogP contribution in [0.15, 0.2) is 30.3 Å². The molecule has 1 aromatic carbocycles. The fourth-order valence-electron chi connectivity index (χ4n) is 2.22. The normalized spacial score (nSPS) is 10.3. The minimum absolute atomic E-state index is 0.516. The molecule has 118 valence electrons. The van der Waals surface area contributed by atoms with Gasteiger partial charge in [0.2, 0.25) is 0 Å². The van der Waals surface area contributed by atoms with E-state index in [0.717, 1.165) is 19.6 Å². The molecule has 1 aromatic rings. The van der Waals surface area contributed by atoms with Crippen LogP contribution in [0.2, 0.25) is 0 Å². The SMILES string of the molecule is CCCCCCCCCCOC(=S)NCc1ccccc1. The molecule has 0 aliphatic rings. The minimum atomic E-state index is 0.516. The summed E-state index contributed by atoms with van der Waals surface area (Å²) in [5.41, 5.74) is 1.22. The van der Waals surface area contributed by atoms with Crippen LogP contribution in [0, 0.1) is 0 Å². The molecule has 0 aliphatic carbocycles. The molecule has 3 heteroatoms. The van der Waals surface area contributed by atoms with Crippen molar-refractivity contribution >= 4 is 17.4 Å². The van der Waals surface area contributed by atoms with Gasteiger partial charge in [0.1, 0.15) is 0 Å². The number of unbranched alkanes of at least 4 members (excludes halogenated alkanes) is 7. The third kappa shape index (κ3) is 10.3. The van der Waals surface area contributed by atoms with Crippen molar-refractivity contribution in [2.45, 2.75) is 64.8 Å². The molecular formula is C18H29NOS. The van der Waals surface area contributed by atoms with Crippen LogP contribution in [0.25, 0.3) is 0 Å². The summed E-state index contributed by atoms with van der Waals surface area (Å²) in [7, 11) is 0.